The predicted molar refractivity (Wildman–Crippen MR) is 68.1 cm³/mol. The Morgan fingerprint density at radius 3 is 3.11 bits per heavy atom. The van der Waals surface area contributed by atoms with E-state index in [9.17, 15) is 9.18 Å². The zero-order valence-electron chi connectivity index (χ0n) is 10.1. The van der Waals surface area contributed by atoms with Crippen molar-refractivity contribution in [3.05, 3.63) is 23.1 Å². The minimum absolute atomic E-state index is 0.0905. The molecule has 0 aliphatic carbocycles. The van der Waals surface area contributed by atoms with Gasteiger partial charge in [0.2, 0.25) is 5.91 Å². The highest BCUT2D eigenvalue weighted by Gasteiger charge is 2.29. The lowest BCUT2D eigenvalue weighted by atomic mass is 10.2. The van der Waals surface area contributed by atoms with Crippen LogP contribution in [0.2, 0.25) is 5.02 Å². The number of pyridine rings is 1. The number of carbonyl (C=O) groups is 1. The van der Waals surface area contributed by atoms with Gasteiger partial charge in [0.05, 0.1) is 11.1 Å². The van der Waals surface area contributed by atoms with Crippen molar-refractivity contribution in [1.29, 1.82) is 0 Å². The van der Waals surface area contributed by atoms with Gasteiger partial charge in [-0.3, -0.25) is 4.79 Å². The van der Waals surface area contributed by atoms with Gasteiger partial charge >= 0.3 is 0 Å². The van der Waals surface area contributed by atoms with Gasteiger partial charge in [-0.2, -0.15) is 0 Å². The molecular weight excluding hydrogens is 257 g/mol. The molecule has 6 heteroatoms. The van der Waals surface area contributed by atoms with Crippen molar-refractivity contribution in [2.45, 2.75) is 25.8 Å². The number of amides is 1. The van der Waals surface area contributed by atoms with E-state index < -0.39 is 5.82 Å². The average Bonchev–Trinajstić information content (AvgIpc) is 2.64. The minimum atomic E-state index is -0.496. The second-order valence-electron chi connectivity index (χ2n) is 4.37. The molecule has 2 heterocycles. The van der Waals surface area contributed by atoms with Crippen LogP contribution in [0.3, 0.4) is 0 Å². The van der Waals surface area contributed by atoms with Crippen LogP contribution in [0.4, 0.5) is 10.2 Å². The minimum Gasteiger partial charge on any atom is -0.363 e. The Labute approximate surface area is 110 Å². The summed E-state index contributed by atoms with van der Waals surface area (Å²) in [5.41, 5.74) is 0. The third-order valence-electron chi connectivity index (χ3n) is 2.86. The first-order valence-electron chi connectivity index (χ1n) is 5.95. The molecule has 2 rings (SSSR count). The van der Waals surface area contributed by atoms with Crippen LogP contribution in [0, 0.1) is 5.82 Å². The van der Waals surface area contributed by atoms with Crippen molar-refractivity contribution in [2.75, 3.05) is 18.4 Å². The molecule has 0 saturated carbocycles. The average molecular weight is 272 g/mol. The van der Waals surface area contributed by atoms with E-state index in [4.69, 9.17) is 11.6 Å². The quantitative estimate of drug-likeness (QED) is 0.914. The fourth-order valence-electron chi connectivity index (χ4n) is 2.07. The molecule has 1 aromatic rings. The number of aromatic nitrogens is 1. The molecule has 1 aromatic heterocycles. The van der Waals surface area contributed by atoms with Gasteiger partial charge in [0.1, 0.15) is 0 Å². The third-order valence-corrected chi connectivity index (χ3v) is 3.06. The van der Waals surface area contributed by atoms with E-state index >= 15 is 0 Å². The Morgan fingerprint density at radius 2 is 2.44 bits per heavy atom. The SMILES string of the molecule is CCCN1CC(Nc2ncc(Cl)cc2F)CC1=O. The number of likely N-dealkylation sites (tertiary alicyclic amines) is 1. The van der Waals surface area contributed by atoms with Crippen LogP contribution in [0.25, 0.3) is 0 Å². The van der Waals surface area contributed by atoms with Crippen molar-refractivity contribution in [1.82, 2.24) is 9.88 Å². The molecule has 0 aromatic carbocycles. The van der Waals surface area contributed by atoms with Gasteiger partial charge in [0, 0.05) is 25.7 Å². The summed E-state index contributed by atoms with van der Waals surface area (Å²) >= 11 is 5.63. The van der Waals surface area contributed by atoms with E-state index in [2.05, 4.69) is 10.3 Å². The molecule has 1 N–H and O–H groups in total. The summed E-state index contributed by atoms with van der Waals surface area (Å²) in [7, 11) is 0. The third kappa shape index (κ3) is 2.90. The first kappa shape index (κ1) is 13.1. The molecule has 1 saturated heterocycles. The molecule has 1 fully saturated rings. The molecule has 1 unspecified atom stereocenters. The van der Waals surface area contributed by atoms with Crippen LogP contribution < -0.4 is 5.32 Å². The van der Waals surface area contributed by atoms with E-state index in [1.165, 1.54) is 12.3 Å². The Morgan fingerprint density at radius 1 is 1.67 bits per heavy atom. The van der Waals surface area contributed by atoms with E-state index in [0.29, 0.717) is 13.0 Å². The summed E-state index contributed by atoms with van der Waals surface area (Å²) in [6.07, 6.45) is 2.68. The fourth-order valence-corrected chi connectivity index (χ4v) is 2.21. The first-order chi connectivity index (χ1) is 8.60. The molecule has 0 bridgehead atoms. The number of rotatable bonds is 4. The van der Waals surface area contributed by atoms with Crippen molar-refractivity contribution in [2.24, 2.45) is 0 Å². The zero-order chi connectivity index (χ0) is 13.1. The fraction of sp³-hybridized carbons (Fsp3) is 0.500. The maximum absolute atomic E-state index is 13.5. The van der Waals surface area contributed by atoms with Crippen LogP contribution in [-0.2, 0) is 4.79 Å². The summed E-state index contributed by atoms with van der Waals surface area (Å²) in [5.74, 6) is -0.247. The number of anilines is 1. The molecule has 1 atom stereocenters. The second-order valence-corrected chi connectivity index (χ2v) is 4.81. The molecule has 0 spiro atoms. The van der Waals surface area contributed by atoms with Crippen molar-refractivity contribution in [3.63, 3.8) is 0 Å². The lowest BCUT2D eigenvalue weighted by Gasteiger charge is -2.16. The van der Waals surface area contributed by atoms with Crippen LogP contribution in [0.15, 0.2) is 12.3 Å². The molecule has 4 nitrogen and oxygen atoms in total. The Hall–Kier alpha value is -1.36. The highest BCUT2D eigenvalue weighted by Crippen LogP contribution is 2.20. The summed E-state index contributed by atoms with van der Waals surface area (Å²) in [5, 5.41) is 3.21. The molecule has 0 radical (unpaired) electrons. The number of hydrogen-bond donors (Lipinski definition) is 1. The van der Waals surface area contributed by atoms with Gasteiger partial charge in [-0.05, 0) is 12.5 Å². The van der Waals surface area contributed by atoms with Gasteiger partial charge in [0.25, 0.3) is 0 Å². The van der Waals surface area contributed by atoms with Gasteiger partial charge in [-0.25, -0.2) is 9.37 Å². The van der Waals surface area contributed by atoms with Crippen LogP contribution in [0.5, 0.6) is 0 Å². The topological polar surface area (TPSA) is 45.2 Å². The van der Waals surface area contributed by atoms with E-state index in [1.807, 2.05) is 6.92 Å². The lowest BCUT2D eigenvalue weighted by Crippen LogP contribution is -2.28. The maximum Gasteiger partial charge on any atom is 0.224 e. The Bertz CT molecular complexity index is 455. The van der Waals surface area contributed by atoms with Crippen molar-refractivity contribution in [3.8, 4) is 0 Å². The summed E-state index contributed by atoms with van der Waals surface area (Å²) in [4.78, 5) is 17.3. The van der Waals surface area contributed by atoms with E-state index in [-0.39, 0.29) is 22.8 Å². The number of halogens is 2. The van der Waals surface area contributed by atoms with Crippen molar-refractivity contribution >= 4 is 23.3 Å². The monoisotopic (exact) mass is 271 g/mol. The largest absolute Gasteiger partial charge is 0.363 e. The van der Waals surface area contributed by atoms with Gasteiger partial charge in [0.15, 0.2) is 11.6 Å². The standard InChI is InChI=1S/C12H15ClFN3O/c1-2-3-17-7-9(5-11(17)18)16-12-10(14)4-8(13)6-15-12/h4,6,9H,2-3,5,7H2,1H3,(H,15,16). The predicted octanol–water partition coefficient (Wildman–Crippen LogP) is 2.30. The Balaban J connectivity index is 2.00. The zero-order valence-corrected chi connectivity index (χ0v) is 10.9. The Kier molecular flexibility index (Phi) is 4.01. The van der Waals surface area contributed by atoms with Gasteiger partial charge in [-0.15, -0.1) is 0 Å². The summed E-state index contributed by atoms with van der Waals surface area (Å²) in [6.45, 7) is 3.36. The first-order valence-corrected chi connectivity index (χ1v) is 6.33. The molecule has 98 valence electrons. The van der Waals surface area contributed by atoms with Crippen LogP contribution in [-0.4, -0.2) is 34.9 Å². The highest BCUT2D eigenvalue weighted by molar-refractivity contribution is 6.30. The molecular formula is C12H15ClFN3O. The maximum atomic E-state index is 13.5. The van der Waals surface area contributed by atoms with E-state index in [1.54, 1.807) is 4.90 Å². The lowest BCUT2D eigenvalue weighted by molar-refractivity contribution is -0.127. The highest BCUT2D eigenvalue weighted by atomic mass is 35.5. The molecule has 1 amide bonds. The van der Waals surface area contributed by atoms with E-state index in [0.717, 1.165) is 13.0 Å². The number of nitrogens with zero attached hydrogens (tertiary/aromatic N) is 2. The van der Waals surface area contributed by atoms with Crippen LogP contribution >= 0.6 is 11.6 Å². The van der Waals surface area contributed by atoms with Gasteiger partial charge in [-0.1, -0.05) is 18.5 Å². The van der Waals surface area contributed by atoms with Crippen molar-refractivity contribution < 1.29 is 9.18 Å². The number of carbonyl (C=O) groups excluding carboxylic acids is 1. The normalized spacial score (nSPS) is 19.4. The summed E-state index contributed by atoms with van der Waals surface area (Å²) < 4.78 is 13.5. The van der Waals surface area contributed by atoms with Crippen LogP contribution in [0.1, 0.15) is 19.8 Å². The number of nitrogens with one attached hydrogen (secondary N) is 1. The number of hydrogen-bond acceptors (Lipinski definition) is 3. The molecule has 1 aliphatic heterocycles. The second kappa shape index (κ2) is 5.52. The molecule has 1 aliphatic rings. The van der Waals surface area contributed by atoms with Gasteiger partial charge < -0.3 is 10.2 Å². The smallest absolute Gasteiger partial charge is 0.224 e. The molecule has 18 heavy (non-hydrogen) atoms. The summed E-state index contributed by atoms with van der Waals surface area (Å²) in [6, 6.07) is 1.12.